The van der Waals surface area contributed by atoms with Crippen molar-refractivity contribution < 1.29 is 4.74 Å². The molecule has 4 rings (SSSR count). The van der Waals surface area contributed by atoms with Gasteiger partial charge in [0.1, 0.15) is 12.4 Å². The molecule has 7 nitrogen and oxygen atoms in total. The maximum Gasteiger partial charge on any atom is 0.194 e. The number of aromatic nitrogens is 2. The average molecular weight is 425 g/mol. The Morgan fingerprint density at radius 1 is 1.26 bits per heavy atom. The topological polar surface area (TPSA) is 57.9 Å². The van der Waals surface area contributed by atoms with E-state index in [1.807, 2.05) is 6.20 Å². The van der Waals surface area contributed by atoms with Gasteiger partial charge in [0, 0.05) is 51.7 Å². The molecule has 1 N–H and O–H groups in total. The minimum Gasteiger partial charge on any atom is -0.373 e. The van der Waals surface area contributed by atoms with E-state index in [-0.39, 0.29) is 6.10 Å². The summed E-state index contributed by atoms with van der Waals surface area (Å²) < 4.78 is 8.37. The van der Waals surface area contributed by atoms with Crippen LogP contribution >= 0.6 is 0 Å². The van der Waals surface area contributed by atoms with Crippen molar-refractivity contribution in [1.82, 2.24) is 24.7 Å². The van der Waals surface area contributed by atoms with E-state index in [1.54, 1.807) is 0 Å². The maximum atomic E-state index is 6.16. The van der Waals surface area contributed by atoms with Gasteiger partial charge in [0.2, 0.25) is 0 Å². The Balaban J connectivity index is 1.44. The van der Waals surface area contributed by atoms with Crippen molar-refractivity contribution in [2.45, 2.75) is 52.6 Å². The fraction of sp³-hybridized carbons (Fsp3) is 0.583. The molecular weight excluding hydrogens is 388 g/mol. The molecule has 31 heavy (non-hydrogen) atoms. The molecular formula is C24H36N6O. The minimum atomic E-state index is 0.226. The summed E-state index contributed by atoms with van der Waals surface area (Å²) in [5.74, 6) is 2.56. The summed E-state index contributed by atoms with van der Waals surface area (Å²) in [5, 5.41) is 3.49. The molecule has 2 saturated heterocycles. The highest BCUT2D eigenvalue weighted by molar-refractivity contribution is 5.80. The van der Waals surface area contributed by atoms with Gasteiger partial charge in [-0.3, -0.25) is 4.90 Å². The van der Waals surface area contributed by atoms with Crippen LogP contribution in [0.4, 0.5) is 0 Å². The summed E-state index contributed by atoms with van der Waals surface area (Å²) >= 11 is 0. The van der Waals surface area contributed by atoms with E-state index in [9.17, 15) is 0 Å². The molecule has 2 fully saturated rings. The third kappa shape index (κ3) is 5.46. The fourth-order valence-electron chi connectivity index (χ4n) is 4.57. The highest BCUT2D eigenvalue weighted by atomic mass is 16.5. The SMILES string of the molecule is CCNC(=NCc1nccn1CC(C)C)N1CC2OCCN(Cc3ccccc3)C2C1. The van der Waals surface area contributed by atoms with E-state index in [4.69, 9.17) is 9.73 Å². The van der Waals surface area contributed by atoms with Crippen molar-refractivity contribution in [3.8, 4) is 0 Å². The van der Waals surface area contributed by atoms with E-state index >= 15 is 0 Å². The number of aliphatic imine (C=N–C) groups is 1. The first-order chi connectivity index (χ1) is 15.1. The number of nitrogens with one attached hydrogen (secondary N) is 1. The fourth-order valence-corrected chi connectivity index (χ4v) is 4.57. The second kappa shape index (κ2) is 10.3. The lowest BCUT2D eigenvalue weighted by molar-refractivity contribution is -0.0502. The standard InChI is InChI=1S/C24H36N6O/c1-4-25-24(27-14-23-26-10-11-29(23)15-19(2)3)30-17-21-22(18-30)31-13-12-28(21)16-20-8-6-5-7-9-20/h5-11,19,21-22H,4,12-18H2,1-3H3,(H,25,27). The maximum absolute atomic E-state index is 6.16. The van der Waals surface area contributed by atoms with Crippen molar-refractivity contribution >= 4 is 5.96 Å². The predicted octanol–water partition coefficient (Wildman–Crippen LogP) is 2.59. The van der Waals surface area contributed by atoms with Crippen LogP contribution in [0.25, 0.3) is 0 Å². The Morgan fingerprint density at radius 2 is 2.10 bits per heavy atom. The number of nitrogens with zero attached hydrogens (tertiary/aromatic N) is 5. The lowest BCUT2D eigenvalue weighted by Crippen LogP contribution is -2.50. The zero-order valence-electron chi connectivity index (χ0n) is 19.1. The third-order valence-corrected chi connectivity index (χ3v) is 6.01. The molecule has 3 heterocycles. The van der Waals surface area contributed by atoms with Gasteiger partial charge in [-0.2, -0.15) is 0 Å². The smallest absolute Gasteiger partial charge is 0.194 e. The number of hydrogen-bond acceptors (Lipinski definition) is 4. The Hall–Kier alpha value is -2.38. The Labute approximate surface area is 186 Å². The van der Waals surface area contributed by atoms with Crippen molar-refractivity contribution in [1.29, 1.82) is 0 Å². The first-order valence-electron chi connectivity index (χ1n) is 11.6. The molecule has 0 radical (unpaired) electrons. The van der Waals surface area contributed by atoms with Gasteiger partial charge in [-0.25, -0.2) is 9.98 Å². The lowest BCUT2D eigenvalue weighted by Gasteiger charge is -2.36. The van der Waals surface area contributed by atoms with Gasteiger partial charge in [0.05, 0.1) is 18.8 Å². The van der Waals surface area contributed by atoms with Crippen LogP contribution in [-0.2, 0) is 24.4 Å². The van der Waals surface area contributed by atoms with Gasteiger partial charge >= 0.3 is 0 Å². The van der Waals surface area contributed by atoms with Crippen LogP contribution in [0.1, 0.15) is 32.2 Å². The molecule has 1 aromatic heterocycles. The third-order valence-electron chi connectivity index (χ3n) is 6.01. The van der Waals surface area contributed by atoms with Gasteiger partial charge in [-0.05, 0) is 18.4 Å². The van der Waals surface area contributed by atoms with Crippen molar-refractivity contribution in [2.24, 2.45) is 10.9 Å². The quantitative estimate of drug-likeness (QED) is 0.547. The lowest BCUT2D eigenvalue weighted by atomic mass is 10.1. The van der Waals surface area contributed by atoms with Crippen LogP contribution in [0.15, 0.2) is 47.7 Å². The summed E-state index contributed by atoms with van der Waals surface area (Å²) in [7, 11) is 0. The molecule has 2 aliphatic rings. The highest BCUT2D eigenvalue weighted by Gasteiger charge is 2.41. The largest absolute Gasteiger partial charge is 0.373 e. The summed E-state index contributed by atoms with van der Waals surface area (Å²) in [6.07, 6.45) is 4.15. The second-order valence-electron chi connectivity index (χ2n) is 8.90. The van der Waals surface area contributed by atoms with Crippen molar-refractivity contribution in [3.05, 3.63) is 54.1 Å². The molecule has 1 aromatic carbocycles. The van der Waals surface area contributed by atoms with Gasteiger partial charge in [0.15, 0.2) is 5.96 Å². The van der Waals surface area contributed by atoms with Crippen LogP contribution in [0.2, 0.25) is 0 Å². The van der Waals surface area contributed by atoms with Crippen LogP contribution in [0.5, 0.6) is 0 Å². The Bertz CT molecular complexity index is 849. The number of imidazole rings is 1. The van der Waals surface area contributed by atoms with E-state index in [2.05, 4.69) is 82.0 Å². The number of guanidine groups is 1. The molecule has 2 atom stereocenters. The normalized spacial score (nSPS) is 22.2. The summed E-state index contributed by atoms with van der Waals surface area (Å²) in [4.78, 5) is 14.4. The van der Waals surface area contributed by atoms with Gasteiger partial charge in [-0.1, -0.05) is 44.2 Å². The summed E-state index contributed by atoms with van der Waals surface area (Å²) in [5.41, 5.74) is 1.36. The average Bonchev–Trinajstić information content (AvgIpc) is 3.39. The number of hydrogen-bond donors (Lipinski definition) is 1. The number of rotatable bonds is 7. The number of ether oxygens (including phenoxy) is 1. The molecule has 168 valence electrons. The van der Waals surface area contributed by atoms with Gasteiger partial charge in [0.25, 0.3) is 0 Å². The molecule has 2 aliphatic heterocycles. The van der Waals surface area contributed by atoms with E-state index < -0.39 is 0 Å². The first kappa shape index (κ1) is 21.8. The van der Waals surface area contributed by atoms with Crippen LogP contribution in [0.3, 0.4) is 0 Å². The van der Waals surface area contributed by atoms with E-state index in [1.165, 1.54) is 5.56 Å². The summed E-state index contributed by atoms with van der Waals surface area (Å²) in [6.45, 7) is 13.5. The molecule has 0 amide bonds. The van der Waals surface area contributed by atoms with Crippen LogP contribution < -0.4 is 5.32 Å². The number of likely N-dealkylation sites (tertiary alicyclic amines) is 1. The predicted molar refractivity (Wildman–Crippen MR) is 124 cm³/mol. The molecule has 0 aliphatic carbocycles. The minimum absolute atomic E-state index is 0.226. The highest BCUT2D eigenvalue weighted by Crippen LogP contribution is 2.24. The summed E-state index contributed by atoms with van der Waals surface area (Å²) in [6, 6.07) is 11.1. The molecule has 0 saturated carbocycles. The van der Waals surface area contributed by atoms with E-state index in [0.29, 0.717) is 18.5 Å². The first-order valence-corrected chi connectivity index (χ1v) is 11.6. The molecule has 0 bridgehead atoms. The number of benzene rings is 1. The second-order valence-corrected chi connectivity index (χ2v) is 8.90. The molecule has 7 heteroatoms. The molecule has 0 spiro atoms. The molecule has 2 aromatic rings. The van der Waals surface area contributed by atoms with Crippen molar-refractivity contribution in [2.75, 3.05) is 32.8 Å². The van der Waals surface area contributed by atoms with Crippen molar-refractivity contribution in [3.63, 3.8) is 0 Å². The Morgan fingerprint density at radius 3 is 2.87 bits per heavy atom. The van der Waals surface area contributed by atoms with Gasteiger partial charge in [-0.15, -0.1) is 0 Å². The zero-order valence-corrected chi connectivity index (χ0v) is 19.1. The van der Waals surface area contributed by atoms with Gasteiger partial charge < -0.3 is 19.5 Å². The van der Waals surface area contributed by atoms with Crippen LogP contribution in [0, 0.1) is 5.92 Å². The molecule has 2 unspecified atom stereocenters. The number of morpholine rings is 1. The Kier molecular flexibility index (Phi) is 7.25. The number of fused-ring (bicyclic) bond motifs is 1. The van der Waals surface area contributed by atoms with Crippen LogP contribution in [-0.4, -0.2) is 70.2 Å². The van der Waals surface area contributed by atoms with E-state index in [0.717, 1.165) is 57.7 Å². The monoisotopic (exact) mass is 424 g/mol. The zero-order chi connectivity index (χ0) is 21.6.